The van der Waals surface area contributed by atoms with E-state index >= 15 is 0 Å². The summed E-state index contributed by atoms with van der Waals surface area (Å²) in [6.07, 6.45) is 1.65. The number of fused-ring (bicyclic) bond motifs is 1. The molecule has 2 aliphatic heterocycles. The lowest BCUT2D eigenvalue weighted by molar-refractivity contribution is -0.133. The van der Waals surface area contributed by atoms with Crippen LogP contribution in [0.3, 0.4) is 0 Å². The van der Waals surface area contributed by atoms with Crippen LogP contribution in [0.4, 0.5) is 10.5 Å². The van der Waals surface area contributed by atoms with E-state index in [1.54, 1.807) is 29.2 Å². The van der Waals surface area contributed by atoms with E-state index in [9.17, 15) is 9.59 Å². The van der Waals surface area contributed by atoms with Gasteiger partial charge in [0, 0.05) is 30.4 Å². The molecule has 0 spiro atoms. The van der Waals surface area contributed by atoms with Crippen LogP contribution in [0, 0.1) is 6.92 Å². The molecule has 0 saturated carbocycles. The number of nitrogens with zero attached hydrogens (tertiary/aromatic N) is 2. The number of nitrogens with one attached hydrogen (secondary N) is 1. The van der Waals surface area contributed by atoms with Crippen LogP contribution in [0.5, 0.6) is 11.5 Å². The molecule has 0 aliphatic carbocycles. The molecule has 200 valence electrons. The molecular formula is C28H30ClN3O6. The number of urea groups is 1. The van der Waals surface area contributed by atoms with Crippen LogP contribution in [0.15, 0.2) is 59.0 Å². The molecule has 1 atom stereocenters. The molecular weight excluding hydrogens is 510 g/mol. The molecule has 10 heteroatoms. The van der Waals surface area contributed by atoms with Gasteiger partial charge in [0.1, 0.15) is 18.1 Å². The first-order valence-electron chi connectivity index (χ1n) is 12.6. The number of carbonyl (C=O) groups is 2. The van der Waals surface area contributed by atoms with Gasteiger partial charge < -0.3 is 33.7 Å². The second-order valence-corrected chi connectivity index (χ2v) is 9.84. The Bertz CT molecular complexity index is 1270. The minimum atomic E-state index is -0.381. The standard InChI is InChI=1S/C28H30ClN3O6/c1-19-4-10-24(38-19)16-31(14-20-5-11-25-26(13-20)37-18-36-25)27(33)17-32(15-23-3-2-12-35-23)28(34)30-22-8-6-21(29)7-9-22/h4-11,13,23H,2-3,12,14-18H2,1H3,(H,30,34). The zero-order valence-electron chi connectivity index (χ0n) is 21.2. The van der Waals surface area contributed by atoms with E-state index in [0.29, 0.717) is 47.7 Å². The second kappa shape index (κ2) is 11.8. The molecule has 3 aromatic rings. The normalized spacial score (nSPS) is 15.9. The molecule has 3 heterocycles. The molecule has 0 radical (unpaired) electrons. The highest BCUT2D eigenvalue weighted by Gasteiger charge is 2.27. The number of carbonyl (C=O) groups excluding carboxylic acids is 2. The van der Waals surface area contributed by atoms with Crippen molar-refractivity contribution >= 4 is 29.2 Å². The first kappa shape index (κ1) is 25.9. The number of hydrogen-bond donors (Lipinski definition) is 1. The molecule has 1 unspecified atom stereocenters. The van der Waals surface area contributed by atoms with Gasteiger partial charge in [-0.25, -0.2) is 4.79 Å². The fraction of sp³-hybridized carbons (Fsp3) is 0.357. The van der Waals surface area contributed by atoms with Gasteiger partial charge in [-0.3, -0.25) is 4.79 Å². The molecule has 2 aromatic carbocycles. The number of rotatable bonds is 9. The minimum absolute atomic E-state index is 0.117. The maximum Gasteiger partial charge on any atom is 0.322 e. The summed E-state index contributed by atoms with van der Waals surface area (Å²) in [6.45, 7) is 3.44. The highest BCUT2D eigenvalue weighted by atomic mass is 35.5. The maximum atomic E-state index is 13.7. The molecule has 1 saturated heterocycles. The fourth-order valence-corrected chi connectivity index (χ4v) is 4.63. The third-order valence-electron chi connectivity index (χ3n) is 6.46. The van der Waals surface area contributed by atoms with Crippen molar-refractivity contribution in [1.82, 2.24) is 9.80 Å². The second-order valence-electron chi connectivity index (χ2n) is 9.40. The van der Waals surface area contributed by atoms with Crippen LogP contribution in [-0.2, 0) is 22.6 Å². The van der Waals surface area contributed by atoms with Gasteiger partial charge in [0.25, 0.3) is 0 Å². The van der Waals surface area contributed by atoms with Gasteiger partial charge in [-0.1, -0.05) is 17.7 Å². The average Bonchev–Trinajstić information content (AvgIpc) is 3.67. The lowest BCUT2D eigenvalue weighted by Crippen LogP contribution is -2.46. The SMILES string of the molecule is Cc1ccc(CN(Cc2ccc3c(c2)OCO3)C(=O)CN(CC2CCCO2)C(=O)Nc2ccc(Cl)cc2)o1. The predicted molar refractivity (Wildman–Crippen MR) is 141 cm³/mol. The highest BCUT2D eigenvalue weighted by molar-refractivity contribution is 6.30. The third kappa shape index (κ3) is 6.59. The van der Waals surface area contributed by atoms with Gasteiger partial charge in [-0.2, -0.15) is 0 Å². The van der Waals surface area contributed by atoms with Crippen LogP contribution in [0.2, 0.25) is 5.02 Å². The Kier molecular flexibility index (Phi) is 8.05. The first-order valence-corrected chi connectivity index (χ1v) is 13.0. The summed E-state index contributed by atoms with van der Waals surface area (Å²) < 4.78 is 22.5. The van der Waals surface area contributed by atoms with E-state index in [0.717, 1.165) is 24.2 Å². The van der Waals surface area contributed by atoms with Gasteiger partial charge >= 0.3 is 6.03 Å². The van der Waals surface area contributed by atoms with E-state index in [-0.39, 0.29) is 37.9 Å². The Morgan fingerprint density at radius 1 is 1.00 bits per heavy atom. The number of furan rings is 1. The molecule has 1 aromatic heterocycles. The number of ether oxygens (including phenoxy) is 3. The predicted octanol–water partition coefficient (Wildman–Crippen LogP) is 5.21. The van der Waals surface area contributed by atoms with Crippen molar-refractivity contribution in [3.05, 3.63) is 76.7 Å². The van der Waals surface area contributed by atoms with Crippen molar-refractivity contribution in [2.24, 2.45) is 0 Å². The first-order chi connectivity index (χ1) is 18.4. The lowest BCUT2D eigenvalue weighted by atomic mass is 10.1. The Balaban J connectivity index is 1.34. The van der Waals surface area contributed by atoms with E-state index in [2.05, 4.69) is 5.32 Å². The van der Waals surface area contributed by atoms with Gasteiger partial charge in [0.15, 0.2) is 11.5 Å². The monoisotopic (exact) mass is 539 g/mol. The largest absolute Gasteiger partial charge is 0.464 e. The van der Waals surface area contributed by atoms with Crippen LogP contribution in [0.25, 0.3) is 0 Å². The van der Waals surface area contributed by atoms with Crippen molar-refractivity contribution in [3.63, 3.8) is 0 Å². The zero-order valence-corrected chi connectivity index (χ0v) is 21.9. The number of anilines is 1. The average molecular weight is 540 g/mol. The number of benzene rings is 2. The molecule has 0 bridgehead atoms. The van der Waals surface area contributed by atoms with Gasteiger partial charge in [-0.05, 0) is 73.9 Å². The topological polar surface area (TPSA) is 93.5 Å². The molecule has 2 aliphatic rings. The van der Waals surface area contributed by atoms with Gasteiger partial charge in [-0.15, -0.1) is 0 Å². The maximum absolute atomic E-state index is 13.7. The van der Waals surface area contributed by atoms with Crippen LogP contribution < -0.4 is 14.8 Å². The molecule has 38 heavy (non-hydrogen) atoms. The van der Waals surface area contributed by atoms with Crippen molar-refractivity contribution in [3.8, 4) is 11.5 Å². The Labute approximate surface area is 226 Å². The van der Waals surface area contributed by atoms with Crippen LogP contribution >= 0.6 is 11.6 Å². The van der Waals surface area contributed by atoms with E-state index in [1.165, 1.54) is 4.90 Å². The number of aryl methyl sites for hydroxylation is 1. The Morgan fingerprint density at radius 3 is 2.55 bits per heavy atom. The third-order valence-corrected chi connectivity index (χ3v) is 6.71. The molecule has 1 N–H and O–H groups in total. The fourth-order valence-electron chi connectivity index (χ4n) is 4.50. The van der Waals surface area contributed by atoms with Gasteiger partial charge in [0.2, 0.25) is 12.7 Å². The number of halogens is 1. The zero-order chi connectivity index (χ0) is 26.5. The van der Waals surface area contributed by atoms with Crippen molar-refractivity contribution in [2.45, 2.75) is 39.0 Å². The van der Waals surface area contributed by atoms with Crippen LogP contribution in [0.1, 0.15) is 29.9 Å². The Hall–Kier alpha value is -3.69. The molecule has 1 fully saturated rings. The lowest BCUT2D eigenvalue weighted by Gasteiger charge is -2.29. The molecule has 5 rings (SSSR count). The molecule has 9 nitrogen and oxygen atoms in total. The summed E-state index contributed by atoms with van der Waals surface area (Å²) in [6, 6.07) is 15.8. The molecule has 3 amide bonds. The van der Waals surface area contributed by atoms with E-state index in [1.807, 2.05) is 37.3 Å². The summed E-state index contributed by atoms with van der Waals surface area (Å²) in [5.41, 5.74) is 1.47. The summed E-state index contributed by atoms with van der Waals surface area (Å²) in [5, 5.41) is 3.44. The quantitative estimate of drug-likeness (QED) is 0.401. The van der Waals surface area contributed by atoms with E-state index < -0.39 is 0 Å². The summed E-state index contributed by atoms with van der Waals surface area (Å²) in [7, 11) is 0. The van der Waals surface area contributed by atoms with Crippen molar-refractivity contribution in [1.29, 1.82) is 0 Å². The Morgan fingerprint density at radius 2 is 1.82 bits per heavy atom. The smallest absolute Gasteiger partial charge is 0.322 e. The van der Waals surface area contributed by atoms with E-state index in [4.69, 9.17) is 30.2 Å². The highest BCUT2D eigenvalue weighted by Crippen LogP contribution is 2.33. The number of amides is 3. The van der Waals surface area contributed by atoms with Crippen LogP contribution in [-0.4, -0.2) is 54.3 Å². The van der Waals surface area contributed by atoms with Crippen molar-refractivity contribution < 1.29 is 28.2 Å². The number of hydrogen-bond acceptors (Lipinski definition) is 6. The summed E-state index contributed by atoms with van der Waals surface area (Å²) in [5.74, 6) is 2.52. The summed E-state index contributed by atoms with van der Waals surface area (Å²) >= 11 is 5.98. The minimum Gasteiger partial charge on any atom is -0.464 e. The van der Waals surface area contributed by atoms with Crippen molar-refractivity contribution in [2.75, 3.05) is 31.8 Å². The van der Waals surface area contributed by atoms with Gasteiger partial charge in [0.05, 0.1) is 12.6 Å². The summed E-state index contributed by atoms with van der Waals surface area (Å²) in [4.78, 5) is 30.2.